The second kappa shape index (κ2) is 9.94. The van der Waals surface area contributed by atoms with Gasteiger partial charge >= 0.3 is 0 Å². The lowest BCUT2D eigenvalue weighted by Gasteiger charge is -1.93. The lowest BCUT2D eigenvalue weighted by Crippen LogP contribution is -2.14. The summed E-state index contributed by atoms with van der Waals surface area (Å²) in [5.41, 5.74) is -0.184. The summed E-state index contributed by atoms with van der Waals surface area (Å²) in [6, 6.07) is 0. The Hall–Kier alpha value is -2.88. The molecule has 0 radical (unpaired) electrons. The van der Waals surface area contributed by atoms with E-state index in [9.17, 15) is 14.7 Å². The molecule has 114 valence electrons. The molecule has 0 bridgehead atoms. The molecule has 0 spiro atoms. The molecule has 1 fully saturated rings. The molecular formula is C18H19NO3. The largest absolute Gasteiger partial charge is 0.507 e. The van der Waals surface area contributed by atoms with Gasteiger partial charge in [-0.15, -0.1) is 0 Å². The zero-order chi connectivity index (χ0) is 16.2. The van der Waals surface area contributed by atoms with Gasteiger partial charge < -0.3 is 10.4 Å². The quantitative estimate of drug-likeness (QED) is 0.343. The van der Waals surface area contributed by atoms with Crippen molar-refractivity contribution in [3.05, 3.63) is 84.2 Å². The van der Waals surface area contributed by atoms with Crippen molar-refractivity contribution in [2.45, 2.75) is 6.92 Å². The molecule has 0 aromatic heterocycles. The van der Waals surface area contributed by atoms with Gasteiger partial charge in [-0.1, -0.05) is 66.8 Å². The third kappa shape index (κ3) is 6.05. The molecular weight excluding hydrogens is 278 g/mol. The second-order valence-electron chi connectivity index (χ2n) is 4.29. The minimum Gasteiger partial charge on any atom is -0.507 e. The van der Waals surface area contributed by atoms with Gasteiger partial charge in [-0.2, -0.15) is 0 Å². The average Bonchev–Trinajstić information content (AvgIpc) is 2.83. The molecule has 1 saturated heterocycles. The topological polar surface area (TPSA) is 66.4 Å². The van der Waals surface area contributed by atoms with Crippen LogP contribution in [-0.4, -0.2) is 23.3 Å². The molecule has 1 aliphatic rings. The highest BCUT2D eigenvalue weighted by Crippen LogP contribution is 2.09. The third-order valence-electron chi connectivity index (χ3n) is 2.62. The maximum atomic E-state index is 11.3. The van der Waals surface area contributed by atoms with E-state index in [-0.39, 0.29) is 17.9 Å². The number of carbonyl (C=O) groups is 2. The Balaban J connectivity index is 2.47. The van der Waals surface area contributed by atoms with Crippen molar-refractivity contribution in [2.24, 2.45) is 0 Å². The molecule has 2 N–H and O–H groups in total. The average molecular weight is 297 g/mol. The molecule has 0 atom stereocenters. The van der Waals surface area contributed by atoms with Gasteiger partial charge in [0.15, 0.2) is 5.78 Å². The van der Waals surface area contributed by atoms with E-state index in [1.807, 2.05) is 55.5 Å². The predicted molar refractivity (Wildman–Crippen MR) is 88.2 cm³/mol. The summed E-state index contributed by atoms with van der Waals surface area (Å²) in [7, 11) is 0. The fraction of sp³-hybridized carbons (Fsp3) is 0.111. The first-order valence-electron chi connectivity index (χ1n) is 6.87. The molecule has 0 unspecified atom stereocenters. The minimum absolute atomic E-state index is 0.0561. The van der Waals surface area contributed by atoms with Gasteiger partial charge in [0.1, 0.15) is 11.3 Å². The van der Waals surface area contributed by atoms with E-state index in [1.54, 1.807) is 18.2 Å². The predicted octanol–water partition coefficient (Wildman–Crippen LogP) is 2.85. The number of Topliss-reactive ketones (excluding diaryl/α,β-unsaturated/α-hetero) is 1. The number of amides is 1. The number of allylic oxidation sites excluding steroid dienone is 12. The Bertz CT molecular complexity index is 596. The number of aliphatic hydroxyl groups excluding tert-OH is 1. The Morgan fingerprint density at radius 2 is 1.41 bits per heavy atom. The van der Waals surface area contributed by atoms with Crippen molar-refractivity contribution >= 4 is 11.7 Å². The fourth-order valence-electron chi connectivity index (χ4n) is 1.58. The van der Waals surface area contributed by atoms with Crippen molar-refractivity contribution in [3.8, 4) is 0 Å². The van der Waals surface area contributed by atoms with Gasteiger partial charge in [0.2, 0.25) is 0 Å². The van der Waals surface area contributed by atoms with Gasteiger partial charge in [0, 0.05) is 0 Å². The van der Waals surface area contributed by atoms with Crippen LogP contribution in [0.5, 0.6) is 0 Å². The van der Waals surface area contributed by atoms with Crippen LogP contribution in [0.1, 0.15) is 6.92 Å². The van der Waals surface area contributed by atoms with Crippen LogP contribution in [0.15, 0.2) is 84.2 Å². The second-order valence-corrected chi connectivity index (χ2v) is 4.29. The fourth-order valence-corrected chi connectivity index (χ4v) is 1.58. The molecule has 0 aromatic carbocycles. The van der Waals surface area contributed by atoms with E-state index >= 15 is 0 Å². The molecule has 22 heavy (non-hydrogen) atoms. The maximum Gasteiger partial charge on any atom is 0.259 e. The molecule has 1 aliphatic heterocycles. The van der Waals surface area contributed by atoms with Crippen molar-refractivity contribution in [1.82, 2.24) is 5.32 Å². The lowest BCUT2D eigenvalue weighted by molar-refractivity contribution is -0.117. The van der Waals surface area contributed by atoms with Crippen LogP contribution < -0.4 is 5.32 Å². The van der Waals surface area contributed by atoms with E-state index in [1.165, 1.54) is 6.08 Å². The zero-order valence-electron chi connectivity index (χ0n) is 12.4. The summed E-state index contributed by atoms with van der Waals surface area (Å²) in [6.07, 6.45) is 21.5. The SMILES string of the molecule is CC=CC=CC=CC=CC=CC=CC(O)=C1C(=O)CNC1=O. The van der Waals surface area contributed by atoms with Crippen molar-refractivity contribution in [3.63, 3.8) is 0 Å². The number of nitrogens with one attached hydrogen (secondary N) is 1. The van der Waals surface area contributed by atoms with Gasteiger partial charge in [-0.25, -0.2) is 0 Å². The highest BCUT2D eigenvalue weighted by atomic mass is 16.3. The van der Waals surface area contributed by atoms with E-state index in [0.29, 0.717) is 0 Å². The Morgan fingerprint density at radius 1 is 0.909 bits per heavy atom. The van der Waals surface area contributed by atoms with Gasteiger partial charge in [0.25, 0.3) is 5.91 Å². The number of aliphatic hydroxyl groups is 1. The molecule has 1 heterocycles. The summed E-state index contributed by atoms with van der Waals surface area (Å²) in [5.74, 6) is -1.25. The minimum atomic E-state index is -0.535. The molecule has 4 heteroatoms. The van der Waals surface area contributed by atoms with Crippen LogP contribution in [0.2, 0.25) is 0 Å². The Morgan fingerprint density at radius 3 is 1.86 bits per heavy atom. The van der Waals surface area contributed by atoms with Crippen LogP contribution >= 0.6 is 0 Å². The summed E-state index contributed by atoms with van der Waals surface area (Å²) >= 11 is 0. The van der Waals surface area contributed by atoms with E-state index in [2.05, 4.69) is 5.32 Å². The summed E-state index contributed by atoms with van der Waals surface area (Å²) in [6.45, 7) is 1.90. The van der Waals surface area contributed by atoms with Crippen LogP contribution in [0.3, 0.4) is 0 Å². The van der Waals surface area contributed by atoms with Crippen molar-refractivity contribution in [1.29, 1.82) is 0 Å². The molecule has 1 rings (SSSR count). The molecule has 0 aliphatic carbocycles. The number of hydrogen-bond acceptors (Lipinski definition) is 3. The zero-order valence-corrected chi connectivity index (χ0v) is 12.4. The first kappa shape index (κ1) is 17.2. The van der Waals surface area contributed by atoms with Crippen LogP contribution in [0, 0.1) is 0 Å². The van der Waals surface area contributed by atoms with Crippen LogP contribution in [0.4, 0.5) is 0 Å². The number of carbonyl (C=O) groups excluding carboxylic acids is 2. The summed E-state index contributed by atoms with van der Waals surface area (Å²) in [4.78, 5) is 22.6. The molecule has 0 aromatic rings. The van der Waals surface area contributed by atoms with Crippen LogP contribution in [0.25, 0.3) is 0 Å². The van der Waals surface area contributed by atoms with Crippen molar-refractivity contribution in [2.75, 3.05) is 6.54 Å². The van der Waals surface area contributed by atoms with Crippen molar-refractivity contribution < 1.29 is 14.7 Å². The highest BCUT2D eigenvalue weighted by molar-refractivity contribution is 6.25. The third-order valence-corrected chi connectivity index (χ3v) is 2.62. The van der Waals surface area contributed by atoms with Gasteiger partial charge in [0.05, 0.1) is 6.54 Å². The lowest BCUT2D eigenvalue weighted by atomic mass is 10.1. The number of hydrogen-bond donors (Lipinski definition) is 2. The number of rotatable bonds is 6. The Kier molecular flexibility index (Phi) is 7.76. The maximum absolute atomic E-state index is 11.3. The number of ketones is 1. The van der Waals surface area contributed by atoms with Gasteiger partial charge in [-0.05, 0) is 13.0 Å². The van der Waals surface area contributed by atoms with Gasteiger partial charge in [-0.3, -0.25) is 9.59 Å². The first-order chi connectivity index (χ1) is 10.7. The normalized spacial score (nSPS) is 19.1. The summed E-state index contributed by atoms with van der Waals surface area (Å²) in [5, 5.41) is 12.0. The molecule has 4 nitrogen and oxygen atoms in total. The summed E-state index contributed by atoms with van der Waals surface area (Å²) < 4.78 is 0. The first-order valence-corrected chi connectivity index (χ1v) is 6.87. The Labute approximate surface area is 130 Å². The van der Waals surface area contributed by atoms with E-state index in [4.69, 9.17) is 0 Å². The standard InChI is InChI=1S/C18H19NO3/c1-2-3-4-5-6-7-8-9-10-11-12-13-15(20)17-16(21)14-19-18(17)22/h2-13,20H,14H2,1H3,(H,19,22). The van der Waals surface area contributed by atoms with E-state index < -0.39 is 11.7 Å². The van der Waals surface area contributed by atoms with Crippen LogP contribution in [-0.2, 0) is 9.59 Å². The highest BCUT2D eigenvalue weighted by Gasteiger charge is 2.28. The molecule has 1 amide bonds. The smallest absolute Gasteiger partial charge is 0.259 e. The molecule has 0 saturated carbocycles. The monoisotopic (exact) mass is 297 g/mol. The van der Waals surface area contributed by atoms with E-state index in [0.717, 1.165) is 0 Å².